The van der Waals surface area contributed by atoms with E-state index in [9.17, 15) is 4.57 Å². The maximum absolute atomic E-state index is 13.7. The molecule has 0 aliphatic rings. The Hall–Kier alpha value is -2.71. The average Bonchev–Trinajstić information content (AvgIpc) is 2.56. The number of hydrogen-bond acceptors (Lipinski definition) is 4. The SMILES string of the molecule is Cc1cccc(N)c1P(=O)(Oc1ccccc1)Oc1ccccc1. The summed E-state index contributed by atoms with van der Waals surface area (Å²) in [6.07, 6.45) is 0. The number of rotatable bonds is 5. The second-order valence-corrected chi connectivity index (χ2v) is 7.13. The smallest absolute Gasteiger partial charge is 0.413 e. The number of anilines is 1. The van der Waals surface area contributed by atoms with Crippen molar-refractivity contribution in [2.75, 3.05) is 5.73 Å². The molecule has 0 amide bonds. The van der Waals surface area contributed by atoms with Gasteiger partial charge in [-0.05, 0) is 42.8 Å². The minimum Gasteiger partial charge on any atom is -0.413 e. The third-order valence-corrected chi connectivity index (χ3v) is 5.54. The molecule has 0 saturated heterocycles. The van der Waals surface area contributed by atoms with Gasteiger partial charge in [-0.2, -0.15) is 0 Å². The van der Waals surface area contributed by atoms with Crippen molar-refractivity contribution in [3.8, 4) is 11.5 Å². The zero-order valence-corrected chi connectivity index (χ0v) is 14.1. The van der Waals surface area contributed by atoms with Gasteiger partial charge in [-0.3, -0.25) is 0 Å². The fourth-order valence-electron chi connectivity index (χ4n) is 2.41. The number of nitrogens with two attached hydrogens (primary N) is 1. The molecule has 0 atom stereocenters. The molecule has 0 aliphatic heterocycles. The molecule has 0 aliphatic carbocycles. The highest BCUT2D eigenvalue weighted by Crippen LogP contribution is 2.49. The summed E-state index contributed by atoms with van der Waals surface area (Å²) in [7, 11) is -3.72. The van der Waals surface area contributed by atoms with Crippen molar-refractivity contribution in [2.24, 2.45) is 0 Å². The lowest BCUT2D eigenvalue weighted by Gasteiger charge is -2.22. The van der Waals surface area contributed by atoms with Crippen LogP contribution in [0, 0.1) is 6.92 Å². The first-order valence-electron chi connectivity index (χ1n) is 7.53. The molecule has 2 N–H and O–H groups in total. The third-order valence-electron chi connectivity index (χ3n) is 3.48. The fraction of sp³-hybridized carbons (Fsp3) is 0.0526. The Morgan fingerprint density at radius 2 is 1.25 bits per heavy atom. The molecular formula is C19H18NO3P. The van der Waals surface area contributed by atoms with Crippen molar-refractivity contribution in [1.29, 1.82) is 0 Å². The molecule has 4 nitrogen and oxygen atoms in total. The van der Waals surface area contributed by atoms with Crippen molar-refractivity contribution in [2.45, 2.75) is 6.92 Å². The lowest BCUT2D eigenvalue weighted by atomic mass is 10.2. The lowest BCUT2D eigenvalue weighted by molar-refractivity contribution is 0.399. The first kappa shape index (κ1) is 16.2. The standard InChI is InChI=1S/C19H18NO3P/c1-15-9-8-14-18(20)19(15)24(21,22-16-10-4-2-5-11-16)23-17-12-6-3-7-13-17/h2-14H,20H2,1H3. The summed E-state index contributed by atoms with van der Waals surface area (Å²) in [4.78, 5) is 0. The minimum atomic E-state index is -3.72. The number of nitrogen functional groups attached to an aromatic ring is 1. The van der Waals surface area contributed by atoms with Gasteiger partial charge in [0.05, 0.1) is 0 Å². The molecule has 0 saturated carbocycles. The van der Waals surface area contributed by atoms with Gasteiger partial charge in [-0.15, -0.1) is 0 Å². The Morgan fingerprint density at radius 1 is 0.750 bits per heavy atom. The number of aryl methyl sites for hydroxylation is 1. The molecule has 0 heterocycles. The van der Waals surface area contributed by atoms with E-state index in [4.69, 9.17) is 14.8 Å². The quantitative estimate of drug-likeness (QED) is 0.547. The molecule has 3 aromatic carbocycles. The molecule has 0 aromatic heterocycles. The van der Waals surface area contributed by atoms with Gasteiger partial charge in [-0.25, -0.2) is 4.57 Å². The van der Waals surface area contributed by atoms with Crippen LogP contribution in [0.15, 0.2) is 78.9 Å². The number of benzene rings is 3. The van der Waals surface area contributed by atoms with Gasteiger partial charge in [0.1, 0.15) is 16.8 Å². The molecule has 0 fully saturated rings. The van der Waals surface area contributed by atoms with E-state index in [0.717, 1.165) is 5.56 Å². The van der Waals surface area contributed by atoms with E-state index in [1.165, 1.54) is 0 Å². The molecule has 122 valence electrons. The number of para-hydroxylation sites is 2. The summed E-state index contributed by atoms with van der Waals surface area (Å²) >= 11 is 0. The maximum atomic E-state index is 13.7. The highest BCUT2D eigenvalue weighted by atomic mass is 31.2. The van der Waals surface area contributed by atoms with Gasteiger partial charge in [0.15, 0.2) is 0 Å². The Kier molecular flexibility index (Phi) is 4.59. The zero-order chi connectivity index (χ0) is 17.0. The molecule has 0 radical (unpaired) electrons. The molecule has 5 heteroatoms. The molecule has 0 bridgehead atoms. The second kappa shape index (κ2) is 6.81. The first-order valence-corrected chi connectivity index (χ1v) is 9.08. The summed E-state index contributed by atoms with van der Waals surface area (Å²) < 4.78 is 25.3. The summed E-state index contributed by atoms with van der Waals surface area (Å²) in [5.41, 5.74) is 7.22. The van der Waals surface area contributed by atoms with Crippen LogP contribution < -0.4 is 20.1 Å². The van der Waals surface area contributed by atoms with Crippen LogP contribution in [-0.4, -0.2) is 0 Å². The van der Waals surface area contributed by atoms with Crippen LogP contribution in [0.3, 0.4) is 0 Å². The van der Waals surface area contributed by atoms with Crippen molar-refractivity contribution in [1.82, 2.24) is 0 Å². The Morgan fingerprint density at radius 3 is 1.71 bits per heavy atom. The second-order valence-electron chi connectivity index (χ2n) is 5.32. The van der Waals surface area contributed by atoms with E-state index < -0.39 is 7.60 Å². The molecule has 0 spiro atoms. The molecule has 3 rings (SSSR count). The monoisotopic (exact) mass is 339 g/mol. The number of hydrogen-bond donors (Lipinski definition) is 1. The van der Waals surface area contributed by atoms with Gasteiger partial charge in [-0.1, -0.05) is 48.5 Å². The Bertz CT molecular complexity index is 801. The highest BCUT2D eigenvalue weighted by molar-refractivity contribution is 7.63. The largest absolute Gasteiger partial charge is 0.465 e. The molecule has 3 aromatic rings. The summed E-state index contributed by atoms with van der Waals surface area (Å²) in [6.45, 7) is 1.83. The van der Waals surface area contributed by atoms with Crippen LogP contribution in [0.25, 0.3) is 0 Å². The van der Waals surface area contributed by atoms with Crippen LogP contribution in [-0.2, 0) is 4.57 Å². The van der Waals surface area contributed by atoms with E-state index in [1.807, 2.05) is 55.5 Å². The van der Waals surface area contributed by atoms with E-state index in [1.54, 1.807) is 30.3 Å². The topological polar surface area (TPSA) is 61.6 Å². The summed E-state index contributed by atoms with van der Waals surface area (Å²) in [5.74, 6) is 0.916. The molecule has 24 heavy (non-hydrogen) atoms. The average molecular weight is 339 g/mol. The minimum absolute atomic E-state index is 0.380. The predicted octanol–water partition coefficient (Wildman–Crippen LogP) is 4.55. The van der Waals surface area contributed by atoms with Crippen LogP contribution >= 0.6 is 7.60 Å². The van der Waals surface area contributed by atoms with Crippen molar-refractivity contribution >= 4 is 18.6 Å². The summed E-state index contributed by atoms with van der Waals surface area (Å²) in [6, 6.07) is 23.2. The lowest BCUT2D eigenvalue weighted by Crippen LogP contribution is -2.21. The van der Waals surface area contributed by atoms with Gasteiger partial charge in [0, 0.05) is 5.69 Å². The fourth-order valence-corrected chi connectivity index (χ4v) is 4.32. The highest BCUT2D eigenvalue weighted by Gasteiger charge is 2.35. The van der Waals surface area contributed by atoms with E-state index >= 15 is 0 Å². The van der Waals surface area contributed by atoms with Gasteiger partial charge < -0.3 is 14.8 Å². The van der Waals surface area contributed by atoms with E-state index in [2.05, 4.69) is 0 Å². The molecular weight excluding hydrogens is 321 g/mol. The van der Waals surface area contributed by atoms with E-state index in [-0.39, 0.29) is 0 Å². The first-order chi connectivity index (χ1) is 11.6. The van der Waals surface area contributed by atoms with Crippen LogP contribution in [0.1, 0.15) is 5.56 Å². The van der Waals surface area contributed by atoms with Gasteiger partial charge in [0.2, 0.25) is 0 Å². The van der Waals surface area contributed by atoms with Crippen LogP contribution in [0.2, 0.25) is 0 Å². The van der Waals surface area contributed by atoms with Crippen molar-refractivity contribution < 1.29 is 13.6 Å². The maximum Gasteiger partial charge on any atom is 0.465 e. The van der Waals surface area contributed by atoms with Crippen molar-refractivity contribution in [3.63, 3.8) is 0 Å². The van der Waals surface area contributed by atoms with Crippen LogP contribution in [0.4, 0.5) is 5.69 Å². The van der Waals surface area contributed by atoms with Crippen molar-refractivity contribution in [3.05, 3.63) is 84.4 Å². The summed E-state index contributed by atoms with van der Waals surface area (Å²) in [5, 5.41) is 0.387. The third kappa shape index (κ3) is 3.44. The Labute approximate surface area is 141 Å². The van der Waals surface area contributed by atoms with Gasteiger partial charge >= 0.3 is 7.60 Å². The predicted molar refractivity (Wildman–Crippen MR) is 97.0 cm³/mol. The van der Waals surface area contributed by atoms with E-state index in [0.29, 0.717) is 22.5 Å². The normalized spacial score (nSPS) is 11.0. The van der Waals surface area contributed by atoms with Gasteiger partial charge in [0.25, 0.3) is 0 Å². The Balaban J connectivity index is 2.08. The zero-order valence-electron chi connectivity index (χ0n) is 13.3. The molecule has 0 unspecified atom stereocenters. The van der Waals surface area contributed by atoms with Crippen LogP contribution in [0.5, 0.6) is 11.5 Å².